The number of rotatable bonds is 4. The van der Waals surface area contributed by atoms with Gasteiger partial charge in [-0.05, 0) is 80.3 Å². The molecule has 2 aliphatic heterocycles. The van der Waals surface area contributed by atoms with Crippen LogP contribution >= 0.6 is 0 Å². The van der Waals surface area contributed by atoms with E-state index >= 15 is 0 Å². The van der Waals surface area contributed by atoms with E-state index in [1.54, 1.807) is 12.1 Å². The van der Waals surface area contributed by atoms with E-state index in [2.05, 4.69) is 22.0 Å². The van der Waals surface area contributed by atoms with Gasteiger partial charge in [-0.15, -0.1) is 0 Å². The highest BCUT2D eigenvalue weighted by atomic mass is 16.2. The number of nitrogens with one attached hydrogen (secondary N) is 3. The SMILES string of the molecule is Cc1ccc(C(=O)N2CCC(c3ccc(C#N)cc3)CC2)cc1NC(=O)NC1CCCCNC1=O. The minimum Gasteiger partial charge on any atom is -0.354 e. The van der Waals surface area contributed by atoms with E-state index in [9.17, 15) is 14.4 Å². The first-order valence-corrected chi connectivity index (χ1v) is 12.2. The predicted octanol–water partition coefficient (Wildman–Crippen LogP) is 3.68. The Hall–Kier alpha value is -3.86. The number of benzene rings is 2. The summed E-state index contributed by atoms with van der Waals surface area (Å²) in [6, 6.07) is 14.1. The van der Waals surface area contributed by atoms with E-state index in [4.69, 9.17) is 5.26 Å². The monoisotopic (exact) mass is 473 g/mol. The van der Waals surface area contributed by atoms with Crippen LogP contribution in [0.5, 0.6) is 0 Å². The maximum absolute atomic E-state index is 13.2. The van der Waals surface area contributed by atoms with Gasteiger partial charge in [0, 0.05) is 30.9 Å². The molecule has 2 saturated heterocycles. The van der Waals surface area contributed by atoms with E-state index in [0.717, 1.165) is 31.2 Å². The van der Waals surface area contributed by atoms with Crippen LogP contribution in [0.15, 0.2) is 42.5 Å². The van der Waals surface area contributed by atoms with E-state index in [-0.39, 0.29) is 11.8 Å². The average molecular weight is 474 g/mol. The Bertz CT molecular complexity index is 1130. The molecular weight excluding hydrogens is 442 g/mol. The molecule has 0 radical (unpaired) electrons. The summed E-state index contributed by atoms with van der Waals surface area (Å²) in [6.45, 7) is 3.80. The lowest BCUT2D eigenvalue weighted by atomic mass is 9.89. The third-order valence-corrected chi connectivity index (χ3v) is 6.87. The summed E-state index contributed by atoms with van der Waals surface area (Å²) in [5.74, 6) is 0.143. The molecule has 0 saturated carbocycles. The molecule has 2 heterocycles. The van der Waals surface area contributed by atoms with Crippen LogP contribution in [0.2, 0.25) is 0 Å². The Morgan fingerprint density at radius 1 is 1.06 bits per heavy atom. The molecule has 2 aromatic carbocycles. The van der Waals surface area contributed by atoms with Crippen molar-refractivity contribution in [1.82, 2.24) is 15.5 Å². The number of carbonyl (C=O) groups is 3. The van der Waals surface area contributed by atoms with Crippen molar-refractivity contribution in [3.8, 4) is 6.07 Å². The molecule has 1 atom stereocenters. The molecule has 0 aliphatic carbocycles. The molecule has 0 spiro atoms. The quantitative estimate of drug-likeness (QED) is 0.628. The molecule has 2 fully saturated rings. The molecule has 4 amide bonds. The number of urea groups is 1. The summed E-state index contributed by atoms with van der Waals surface area (Å²) in [6.07, 6.45) is 4.10. The zero-order chi connectivity index (χ0) is 24.8. The number of hydrogen-bond donors (Lipinski definition) is 3. The summed E-state index contributed by atoms with van der Waals surface area (Å²) < 4.78 is 0. The Morgan fingerprint density at radius 2 is 1.80 bits per heavy atom. The zero-order valence-electron chi connectivity index (χ0n) is 20.0. The van der Waals surface area contributed by atoms with Gasteiger partial charge in [0.1, 0.15) is 6.04 Å². The largest absolute Gasteiger partial charge is 0.354 e. The van der Waals surface area contributed by atoms with E-state index < -0.39 is 12.1 Å². The number of carbonyl (C=O) groups excluding carboxylic acids is 3. The van der Waals surface area contributed by atoms with E-state index in [1.165, 1.54) is 5.56 Å². The number of piperidine rings is 1. The molecule has 0 aromatic heterocycles. The predicted molar refractivity (Wildman–Crippen MR) is 133 cm³/mol. The summed E-state index contributed by atoms with van der Waals surface area (Å²) >= 11 is 0. The van der Waals surface area contributed by atoms with Crippen LogP contribution in [0.1, 0.15) is 65.1 Å². The molecule has 4 rings (SSSR count). The van der Waals surface area contributed by atoms with E-state index in [1.807, 2.05) is 42.2 Å². The number of anilines is 1. The summed E-state index contributed by atoms with van der Waals surface area (Å²) in [5.41, 5.74) is 3.76. The Balaban J connectivity index is 1.36. The molecule has 8 nitrogen and oxygen atoms in total. The van der Waals surface area contributed by atoms with Crippen LogP contribution in [0, 0.1) is 18.3 Å². The third-order valence-electron chi connectivity index (χ3n) is 6.87. The van der Waals surface area contributed by atoms with Crippen LogP contribution in [-0.4, -0.2) is 48.4 Å². The number of amides is 4. The highest BCUT2D eigenvalue weighted by Crippen LogP contribution is 2.29. The van der Waals surface area contributed by atoms with Crippen LogP contribution in [0.25, 0.3) is 0 Å². The second-order valence-corrected chi connectivity index (χ2v) is 9.27. The number of nitrogens with zero attached hydrogens (tertiary/aromatic N) is 2. The van der Waals surface area contributed by atoms with Gasteiger partial charge in [0.15, 0.2) is 0 Å². The molecule has 8 heteroatoms. The fourth-order valence-corrected chi connectivity index (χ4v) is 4.71. The lowest BCUT2D eigenvalue weighted by Gasteiger charge is -2.32. The minimum atomic E-state index is -0.556. The normalized spacial score (nSPS) is 18.7. The molecule has 1 unspecified atom stereocenters. The second kappa shape index (κ2) is 11.0. The lowest BCUT2D eigenvalue weighted by Crippen LogP contribution is -2.47. The Morgan fingerprint density at radius 3 is 2.51 bits per heavy atom. The van der Waals surface area contributed by atoms with Crippen molar-refractivity contribution in [2.75, 3.05) is 25.0 Å². The highest BCUT2D eigenvalue weighted by molar-refractivity contribution is 5.98. The fraction of sp³-hybridized carbons (Fsp3) is 0.407. The smallest absolute Gasteiger partial charge is 0.319 e. The summed E-state index contributed by atoms with van der Waals surface area (Å²) in [5, 5.41) is 17.4. The minimum absolute atomic E-state index is 0.0603. The van der Waals surface area contributed by atoms with Gasteiger partial charge < -0.3 is 20.9 Å². The maximum Gasteiger partial charge on any atom is 0.319 e. The third kappa shape index (κ3) is 5.99. The molecule has 35 heavy (non-hydrogen) atoms. The number of nitriles is 1. The van der Waals surface area contributed by atoms with Gasteiger partial charge in [0.05, 0.1) is 11.6 Å². The van der Waals surface area contributed by atoms with Crippen molar-refractivity contribution < 1.29 is 14.4 Å². The molecule has 2 aliphatic rings. The molecule has 2 aromatic rings. The fourth-order valence-electron chi connectivity index (χ4n) is 4.71. The van der Waals surface area contributed by atoms with Crippen molar-refractivity contribution in [2.24, 2.45) is 0 Å². The van der Waals surface area contributed by atoms with Crippen LogP contribution in [0.4, 0.5) is 10.5 Å². The number of aryl methyl sites for hydroxylation is 1. The Labute approximate surface area is 205 Å². The summed E-state index contributed by atoms with van der Waals surface area (Å²) in [7, 11) is 0. The average Bonchev–Trinajstić information content (AvgIpc) is 3.08. The summed E-state index contributed by atoms with van der Waals surface area (Å²) in [4.78, 5) is 39.7. The van der Waals surface area contributed by atoms with Crippen molar-refractivity contribution in [3.63, 3.8) is 0 Å². The number of hydrogen-bond acceptors (Lipinski definition) is 4. The lowest BCUT2D eigenvalue weighted by molar-refractivity contribution is -0.122. The van der Waals surface area contributed by atoms with Crippen molar-refractivity contribution in [2.45, 2.75) is 51.0 Å². The van der Waals surface area contributed by atoms with Crippen LogP contribution in [-0.2, 0) is 4.79 Å². The molecule has 182 valence electrons. The molecule has 3 N–H and O–H groups in total. The molecule has 0 bridgehead atoms. The van der Waals surface area contributed by atoms with Crippen molar-refractivity contribution in [1.29, 1.82) is 5.26 Å². The van der Waals surface area contributed by atoms with Gasteiger partial charge in [-0.2, -0.15) is 5.26 Å². The topological polar surface area (TPSA) is 114 Å². The van der Waals surface area contributed by atoms with Crippen LogP contribution in [0.3, 0.4) is 0 Å². The first-order chi connectivity index (χ1) is 16.9. The van der Waals surface area contributed by atoms with Crippen molar-refractivity contribution >= 4 is 23.5 Å². The first-order valence-electron chi connectivity index (χ1n) is 12.2. The highest BCUT2D eigenvalue weighted by Gasteiger charge is 2.26. The van der Waals surface area contributed by atoms with Gasteiger partial charge in [-0.3, -0.25) is 9.59 Å². The first kappa shape index (κ1) is 24.3. The standard InChI is InChI=1S/C27H31N5O3/c1-18-5-8-22(16-24(18)31-27(35)30-23-4-2-3-13-29-25(23)33)26(34)32-14-11-21(12-15-32)20-9-6-19(17-28)7-10-20/h5-10,16,21,23H,2-4,11-15H2,1H3,(H,29,33)(H2,30,31,35). The second-order valence-electron chi connectivity index (χ2n) is 9.27. The number of likely N-dealkylation sites (tertiary alicyclic amines) is 1. The van der Waals surface area contributed by atoms with Gasteiger partial charge in [0.2, 0.25) is 5.91 Å². The van der Waals surface area contributed by atoms with Gasteiger partial charge in [-0.25, -0.2) is 4.79 Å². The van der Waals surface area contributed by atoms with Gasteiger partial charge in [0.25, 0.3) is 5.91 Å². The van der Waals surface area contributed by atoms with Crippen LogP contribution < -0.4 is 16.0 Å². The van der Waals surface area contributed by atoms with Crippen molar-refractivity contribution in [3.05, 3.63) is 64.7 Å². The molecular formula is C27H31N5O3. The van der Waals surface area contributed by atoms with E-state index in [0.29, 0.717) is 48.8 Å². The Kier molecular flexibility index (Phi) is 7.66. The maximum atomic E-state index is 13.2. The van der Waals surface area contributed by atoms with Gasteiger partial charge >= 0.3 is 6.03 Å². The zero-order valence-corrected chi connectivity index (χ0v) is 20.0. The van der Waals surface area contributed by atoms with Gasteiger partial charge in [-0.1, -0.05) is 18.2 Å².